The molecule has 1 aliphatic heterocycles. The molecule has 1 aliphatic rings. The predicted molar refractivity (Wildman–Crippen MR) is 80.2 cm³/mol. The number of ether oxygens (including phenoxy) is 1. The molecule has 2 atom stereocenters. The summed E-state index contributed by atoms with van der Waals surface area (Å²) < 4.78 is 13.2. The normalized spacial score (nSPS) is 21.2. The monoisotopic (exact) mass is 303 g/mol. The van der Waals surface area contributed by atoms with E-state index < -0.39 is 0 Å². The van der Waals surface area contributed by atoms with Crippen LogP contribution in [0.2, 0.25) is 0 Å². The van der Waals surface area contributed by atoms with E-state index in [9.17, 15) is 4.79 Å². The van der Waals surface area contributed by atoms with E-state index in [2.05, 4.69) is 10.3 Å². The Labute approximate surface area is 129 Å². The second-order valence-electron chi connectivity index (χ2n) is 5.66. The molecule has 0 unspecified atom stereocenters. The van der Waals surface area contributed by atoms with Crippen LogP contribution in [0.15, 0.2) is 28.9 Å². The number of carbonyl (C=O) groups excluding carboxylic acids is 1. The molecule has 6 nitrogen and oxygen atoms in total. The lowest BCUT2D eigenvalue weighted by Gasteiger charge is -2.19. The summed E-state index contributed by atoms with van der Waals surface area (Å²) in [5.41, 5.74) is 0. The first-order chi connectivity index (χ1) is 10.6. The molecule has 22 heavy (non-hydrogen) atoms. The van der Waals surface area contributed by atoms with Gasteiger partial charge in [0.05, 0.1) is 6.04 Å². The number of amides is 1. The third-order valence-electron chi connectivity index (χ3n) is 3.95. The summed E-state index contributed by atoms with van der Waals surface area (Å²) >= 11 is 0. The van der Waals surface area contributed by atoms with Crippen LogP contribution in [0.5, 0.6) is 0 Å². The second-order valence-corrected chi connectivity index (χ2v) is 5.66. The maximum atomic E-state index is 12.1. The number of hydrogen-bond acceptors (Lipinski definition) is 4. The Morgan fingerprint density at radius 1 is 1.50 bits per heavy atom. The van der Waals surface area contributed by atoms with Gasteiger partial charge in [0.15, 0.2) is 0 Å². The van der Waals surface area contributed by atoms with E-state index in [1.165, 1.54) is 0 Å². The summed E-state index contributed by atoms with van der Waals surface area (Å²) in [6.45, 7) is 2.54. The van der Waals surface area contributed by atoms with Gasteiger partial charge in [0.2, 0.25) is 5.91 Å². The molecule has 0 saturated carbocycles. The van der Waals surface area contributed by atoms with Crippen LogP contribution in [-0.4, -0.2) is 28.1 Å². The molecule has 0 aliphatic carbocycles. The minimum Gasteiger partial charge on any atom is -0.466 e. The molecule has 6 heteroatoms. The molecule has 1 fully saturated rings. The van der Waals surface area contributed by atoms with Crippen LogP contribution in [0.4, 0.5) is 0 Å². The van der Waals surface area contributed by atoms with Crippen LogP contribution in [0.3, 0.4) is 0 Å². The maximum Gasteiger partial charge on any atom is 0.220 e. The Morgan fingerprint density at radius 2 is 2.36 bits per heavy atom. The summed E-state index contributed by atoms with van der Waals surface area (Å²) in [5, 5.41) is 3.06. The first-order valence-electron chi connectivity index (χ1n) is 7.57. The van der Waals surface area contributed by atoms with Crippen molar-refractivity contribution in [3.05, 3.63) is 41.9 Å². The Balaban J connectivity index is 1.55. The van der Waals surface area contributed by atoms with Gasteiger partial charge >= 0.3 is 0 Å². The van der Waals surface area contributed by atoms with Crippen LogP contribution in [0.25, 0.3) is 0 Å². The fraction of sp³-hybridized carbons (Fsp3) is 0.500. The van der Waals surface area contributed by atoms with Crippen LogP contribution in [0.1, 0.15) is 36.3 Å². The third kappa shape index (κ3) is 3.22. The van der Waals surface area contributed by atoms with Crippen molar-refractivity contribution < 1.29 is 13.9 Å². The number of rotatable bonds is 5. The SMILES string of the molecule is Cc1ccc(CCC(=O)N[C@H]2CCO[C@@H]2c2nccn2C)o1. The zero-order valence-electron chi connectivity index (χ0n) is 12.9. The third-order valence-corrected chi connectivity index (χ3v) is 3.95. The smallest absolute Gasteiger partial charge is 0.220 e. The number of aromatic nitrogens is 2. The van der Waals surface area contributed by atoms with Gasteiger partial charge in [-0.2, -0.15) is 0 Å². The second kappa shape index (κ2) is 6.36. The summed E-state index contributed by atoms with van der Waals surface area (Å²) in [5.74, 6) is 2.58. The highest BCUT2D eigenvalue weighted by Crippen LogP contribution is 2.27. The van der Waals surface area contributed by atoms with Crippen molar-refractivity contribution in [1.29, 1.82) is 0 Å². The Hall–Kier alpha value is -2.08. The maximum absolute atomic E-state index is 12.1. The summed E-state index contributed by atoms with van der Waals surface area (Å²) in [6.07, 6.45) is 5.29. The quantitative estimate of drug-likeness (QED) is 0.916. The lowest BCUT2D eigenvalue weighted by atomic mass is 10.1. The minimum absolute atomic E-state index is 0.0174. The van der Waals surface area contributed by atoms with Gasteiger partial charge in [0, 0.05) is 38.9 Å². The fourth-order valence-corrected chi connectivity index (χ4v) is 2.78. The van der Waals surface area contributed by atoms with Crippen molar-refractivity contribution in [3.63, 3.8) is 0 Å². The molecule has 2 aromatic rings. The number of imidazole rings is 1. The molecule has 3 heterocycles. The highest BCUT2D eigenvalue weighted by Gasteiger charge is 2.33. The van der Waals surface area contributed by atoms with Gasteiger partial charge in [0.25, 0.3) is 0 Å². The van der Waals surface area contributed by atoms with Crippen molar-refractivity contribution in [3.8, 4) is 0 Å². The Bertz CT molecular complexity index is 647. The van der Waals surface area contributed by atoms with Crippen LogP contribution in [-0.2, 0) is 23.0 Å². The van der Waals surface area contributed by atoms with Crippen molar-refractivity contribution in [2.24, 2.45) is 7.05 Å². The molecular weight excluding hydrogens is 282 g/mol. The van der Waals surface area contributed by atoms with Crippen molar-refractivity contribution >= 4 is 5.91 Å². The Morgan fingerprint density at radius 3 is 3.05 bits per heavy atom. The number of furan rings is 1. The lowest BCUT2D eigenvalue weighted by Crippen LogP contribution is -2.37. The van der Waals surface area contributed by atoms with E-state index in [-0.39, 0.29) is 18.1 Å². The van der Waals surface area contributed by atoms with Crippen molar-refractivity contribution in [2.75, 3.05) is 6.61 Å². The van der Waals surface area contributed by atoms with Gasteiger partial charge in [-0.15, -0.1) is 0 Å². The van der Waals surface area contributed by atoms with E-state index >= 15 is 0 Å². The van der Waals surface area contributed by atoms with Crippen LogP contribution in [0, 0.1) is 6.92 Å². The van der Waals surface area contributed by atoms with E-state index in [1.807, 2.05) is 36.9 Å². The first-order valence-corrected chi connectivity index (χ1v) is 7.57. The zero-order valence-corrected chi connectivity index (χ0v) is 12.9. The molecular formula is C16H21N3O3. The number of hydrogen-bond donors (Lipinski definition) is 1. The van der Waals surface area contributed by atoms with Crippen molar-refractivity contribution in [2.45, 2.75) is 38.3 Å². The van der Waals surface area contributed by atoms with Gasteiger partial charge in [-0.05, 0) is 25.5 Å². The zero-order chi connectivity index (χ0) is 15.5. The van der Waals surface area contributed by atoms with Gasteiger partial charge < -0.3 is 19.0 Å². The molecule has 3 rings (SSSR count). The molecule has 0 spiro atoms. The van der Waals surface area contributed by atoms with E-state index in [4.69, 9.17) is 9.15 Å². The number of nitrogens with one attached hydrogen (secondary N) is 1. The number of carbonyl (C=O) groups is 1. The Kier molecular flexibility index (Phi) is 4.29. The minimum atomic E-state index is -0.171. The predicted octanol–water partition coefficient (Wildman–Crippen LogP) is 1.90. The molecule has 1 N–H and O–H groups in total. The molecule has 1 amide bonds. The average molecular weight is 303 g/mol. The number of nitrogens with zero attached hydrogens (tertiary/aromatic N) is 2. The molecule has 0 bridgehead atoms. The molecule has 2 aromatic heterocycles. The average Bonchev–Trinajstić information content (AvgIpc) is 3.18. The van der Waals surface area contributed by atoms with Gasteiger partial charge in [-0.1, -0.05) is 0 Å². The fourth-order valence-electron chi connectivity index (χ4n) is 2.78. The van der Waals surface area contributed by atoms with Crippen molar-refractivity contribution in [1.82, 2.24) is 14.9 Å². The largest absolute Gasteiger partial charge is 0.466 e. The highest BCUT2D eigenvalue weighted by atomic mass is 16.5. The lowest BCUT2D eigenvalue weighted by molar-refractivity contribution is -0.122. The molecule has 1 saturated heterocycles. The van der Waals surface area contributed by atoms with Gasteiger partial charge in [0.1, 0.15) is 23.4 Å². The topological polar surface area (TPSA) is 69.3 Å². The highest BCUT2D eigenvalue weighted by molar-refractivity contribution is 5.76. The standard InChI is InChI=1S/C16H21N3O3/c1-11-3-4-12(22-11)5-6-14(20)18-13-7-10-21-15(13)16-17-8-9-19(16)2/h3-4,8-9,13,15H,5-7,10H2,1-2H3,(H,18,20)/t13-,15-/m0/s1. The molecule has 118 valence electrons. The van der Waals surface area contributed by atoms with E-state index in [1.54, 1.807) is 6.20 Å². The molecule has 0 aromatic carbocycles. The van der Waals surface area contributed by atoms with Gasteiger partial charge in [-0.25, -0.2) is 4.98 Å². The first kappa shape index (κ1) is 14.8. The van der Waals surface area contributed by atoms with E-state index in [0.717, 1.165) is 23.8 Å². The van der Waals surface area contributed by atoms with Crippen LogP contribution < -0.4 is 5.32 Å². The summed E-state index contributed by atoms with van der Waals surface area (Å²) in [7, 11) is 1.93. The van der Waals surface area contributed by atoms with E-state index in [0.29, 0.717) is 19.4 Å². The van der Waals surface area contributed by atoms with Gasteiger partial charge in [-0.3, -0.25) is 4.79 Å². The van der Waals surface area contributed by atoms with Crippen LogP contribution >= 0.6 is 0 Å². The molecule has 0 radical (unpaired) electrons. The summed E-state index contributed by atoms with van der Waals surface area (Å²) in [6, 6.07) is 3.81. The summed E-state index contributed by atoms with van der Waals surface area (Å²) in [4.78, 5) is 16.5. The number of aryl methyl sites for hydroxylation is 3.